The molecule has 1 N–H and O–H groups in total. The maximum atomic E-state index is 8.19. The van der Waals surface area contributed by atoms with Gasteiger partial charge in [-0.25, -0.2) is 0 Å². The van der Waals surface area contributed by atoms with Gasteiger partial charge in [-0.05, 0) is 6.42 Å². The van der Waals surface area contributed by atoms with Gasteiger partial charge in [0.15, 0.2) is 0 Å². The van der Waals surface area contributed by atoms with Gasteiger partial charge < -0.3 is 5.11 Å². The molecular weight excluding hydrogens is 166 g/mol. The molecule has 0 fully saturated rings. The molecule has 0 radical (unpaired) electrons. The predicted octanol–water partition coefficient (Wildman–Crippen LogP) is 1.08. The third-order valence-electron chi connectivity index (χ3n) is 0.512. The first kappa shape index (κ1) is 15.9. The summed E-state index contributed by atoms with van der Waals surface area (Å²) in [7, 11) is 0. The number of halogens is 1. The fraction of sp³-hybridized carbons (Fsp3) is 1.00. The van der Waals surface area contributed by atoms with Gasteiger partial charge in [0, 0.05) is 6.61 Å². The van der Waals surface area contributed by atoms with Crippen molar-refractivity contribution in [3.8, 4) is 0 Å². The van der Waals surface area contributed by atoms with Crippen molar-refractivity contribution in [1.82, 2.24) is 0 Å². The van der Waals surface area contributed by atoms with Crippen LogP contribution in [0.15, 0.2) is 0 Å². The first-order chi connectivity index (χ1) is 3.41. The summed E-state index contributed by atoms with van der Waals surface area (Å²) >= 11 is 1.06. The van der Waals surface area contributed by atoms with E-state index in [9.17, 15) is 0 Å². The van der Waals surface area contributed by atoms with Crippen LogP contribution in [0, 0.1) is 0 Å². The molecule has 2 nitrogen and oxygen atoms in total. The molecule has 0 aromatic heterocycles. The first-order valence-electron chi connectivity index (χ1n) is 2.21. The number of aliphatic hydroxyl groups is 1. The van der Waals surface area contributed by atoms with E-state index in [1.807, 2.05) is 0 Å². The Morgan fingerprint density at radius 3 is 1.88 bits per heavy atom. The van der Waals surface area contributed by atoms with E-state index in [1.54, 1.807) is 0 Å². The SMILES string of the molecule is CCCCO.Cl.[O]=[V]. The molecule has 0 rings (SSSR count). The molecule has 8 heavy (non-hydrogen) atoms. The Hall–Kier alpha value is 0.634. The quantitative estimate of drug-likeness (QED) is 0.685. The summed E-state index contributed by atoms with van der Waals surface area (Å²) in [5.41, 5.74) is 0. The van der Waals surface area contributed by atoms with E-state index in [0.29, 0.717) is 6.61 Å². The maximum absolute atomic E-state index is 8.19. The van der Waals surface area contributed by atoms with Crippen molar-refractivity contribution in [2.24, 2.45) is 0 Å². The van der Waals surface area contributed by atoms with Crippen LogP contribution < -0.4 is 0 Å². The van der Waals surface area contributed by atoms with E-state index in [2.05, 4.69) is 6.92 Å². The summed E-state index contributed by atoms with van der Waals surface area (Å²) in [6, 6.07) is 0. The van der Waals surface area contributed by atoms with Crippen LogP contribution in [0.2, 0.25) is 0 Å². The second-order valence-electron chi connectivity index (χ2n) is 1.08. The van der Waals surface area contributed by atoms with Crippen molar-refractivity contribution in [2.75, 3.05) is 6.61 Å². The van der Waals surface area contributed by atoms with Gasteiger partial charge in [-0.15, -0.1) is 12.4 Å². The van der Waals surface area contributed by atoms with Crippen molar-refractivity contribution in [1.29, 1.82) is 0 Å². The van der Waals surface area contributed by atoms with Crippen molar-refractivity contribution in [3.05, 3.63) is 0 Å². The number of rotatable bonds is 2. The Balaban J connectivity index is -0.0000000750. The monoisotopic (exact) mass is 177 g/mol. The number of hydrogen-bond acceptors (Lipinski definition) is 2. The summed E-state index contributed by atoms with van der Waals surface area (Å²) < 4.78 is 8.19. The fourth-order valence-electron chi connectivity index (χ4n) is 0.158. The van der Waals surface area contributed by atoms with Crippen LogP contribution in [0.25, 0.3) is 0 Å². The van der Waals surface area contributed by atoms with Gasteiger partial charge in [-0.3, -0.25) is 0 Å². The molecule has 0 unspecified atom stereocenters. The second kappa shape index (κ2) is 25.4. The van der Waals surface area contributed by atoms with Crippen molar-refractivity contribution < 1.29 is 26.1 Å². The van der Waals surface area contributed by atoms with Crippen LogP contribution >= 0.6 is 12.4 Å². The normalized spacial score (nSPS) is 5.62. The molecule has 51 valence electrons. The summed E-state index contributed by atoms with van der Waals surface area (Å²) in [4.78, 5) is 0. The van der Waals surface area contributed by atoms with Crippen molar-refractivity contribution in [3.63, 3.8) is 0 Å². The predicted molar refractivity (Wildman–Crippen MR) is 29.9 cm³/mol. The molecule has 0 aromatic rings. The minimum absolute atomic E-state index is 0. The van der Waals surface area contributed by atoms with Gasteiger partial charge in [0.05, 0.1) is 0 Å². The zero-order valence-corrected chi connectivity index (χ0v) is 7.05. The number of aliphatic hydroxyl groups excluding tert-OH is 1. The number of hydrogen-bond donors (Lipinski definition) is 1. The van der Waals surface area contributed by atoms with Crippen LogP contribution in [0.1, 0.15) is 19.8 Å². The Morgan fingerprint density at radius 2 is 1.88 bits per heavy atom. The first-order valence-corrected chi connectivity index (χ1v) is 2.78. The van der Waals surface area contributed by atoms with E-state index in [4.69, 9.17) is 8.78 Å². The summed E-state index contributed by atoms with van der Waals surface area (Å²) in [6.07, 6.45) is 2.04. The Labute approximate surface area is 65.3 Å². The van der Waals surface area contributed by atoms with E-state index >= 15 is 0 Å². The summed E-state index contributed by atoms with van der Waals surface area (Å²) in [5.74, 6) is 0. The van der Waals surface area contributed by atoms with Crippen LogP contribution in [0.4, 0.5) is 0 Å². The third-order valence-corrected chi connectivity index (χ3v) is 0.512. The minimum atomic E-state index is 0. The molecule has 0 aliphatic heterocycles. The molecule has 0 spiro atoms. The van der Waals surface area contributed by atoms with E-state index in [-0.39, 0.29) is 12.4 Å². The number of unbranched alkanes of at least 4 members (excludes halogenated alkanes) is 1. The van der Waals surface area contributed by atoms with Gasteiger partial charge in [0.25, 0.3) is 0 Å². The molecule has 0 bridgehead atoms. The Morgan fingerprint density at radius 1 is 1.50 bits per heavy atom. The van der Waals surface area contributed by atoms with E-state index in [0.717, 1.165) is 30.2 Å². The second-order valence-corrected chi connectivity index (χ2v) is 1.08. The van der Waals surface area contributed by atoms with Crippen LogP contribution in [0.5, 0.6) is 0 Å². The van der Waals surface area contributed by atoms with Gasteiger partial charge in [0.1, 0.15) is 0 Å². The van der Waals surface area contributed by atoms with Crippen LogP contribution in [-0.2, 0) is 21.0 Å². The van der Waals surface area contributed by atoms with E-state index in [1.165, 1.54) is 0 Å². The van der Waals surface area contributed by atoms with E-state index < -0.39 is 0 Å². The third kappa shape index (κ3) is 30.3. The average molecular weight is 178 g/mol. The molecular formula is C4H11ClO2V. The zero-order valence-electron chi connectivity index (χ0n) is 4.83. The molecule has 4 heteroatoms. The molecule has 0 saturated heterocycles. The molecule has 0 aliphatic carbocycles. The molecule has 0 atom stereocenters. The molecule has 0 aliphatic rings. The summed E-state index contributed by atoms with van der Waals surface area (Å²) in [6.45, 7) is 2.40. The standard InChI is InChI=1S/C4H10O.ClH.O.V/c1-2-3-4-5;;;/h5H,2-4H2,1H3;1H;;. The van der Waals surface area contributed by atoms with Crippen LogP contribution in [0.3, 0.4) is 0 Å². The summed E-state index contributed by atoms with van der Waals surface area (Å²) in [5, 5.41) is 8.07. The zero-order chi connectivity index (χ0) is 6.12. The van der Waals surface area contributed by atoms with Crippen molar-refractivity contribution in [2.45, 2.75) is 19.8 Å². The molecule has 0 saturated carbocycles. The topological polar surface area (TPSA) is 37.3 Å². The fourth-order valence-corrected chi connectivity index (χ4v) is 0.158. The van der Waals surface area contributed by atoms with Crippen molar-refractivity contribution >= 4 is 12.4 Å². The molecule has 0 heterocycles. The van der Waals surface area contributed by atoms with Gasteiger partial charge in [-0.2, -0.15) is 0 Å². The Bertz CT molecular complexity index is 28.0. The molecule has 0 aromatic carbocycles. The van der Waals surface area contributed by atoms with Gasteiger partial charge in [0.2, 0.25) is 0 Å². The Kier molecular flexibility index (Phi) is 50.4. The van der Waals surface area contributed by atoms with Gasteiger partial charge in [-0.1, -0.05) is 13.3 Å². The van der Waals surface area contributed by atoms with Gasteiger partial charge >= 0.3 is 21.0 Å². The average Bonchev–Trinajstić information content (AvgIpc) is 1.75. The molecule has 0 amide bonds. The van der Waals surface area contributed by atoms with Crippen LogP contribution in [-0.4, -0.2) is 11.7 Å².